The van der Waals surface area contributed by atoms with Gasteiger partial charge < -0.3 is 9.73 Å². The lowest BCUT2D eigenvalue weighted by Gasteiger charge is -2.21. The number of nitrogens with one attached hydrogen (secondary N) is 1. The summed E-state index contributed by atoms with van der Waals surface area (Å²) < 4.78 is 4.95. The number of carbonyl (C=O) groups is 1. The van der Waals surface area contributed by atoms with E-state index in [1.807, 2.05) is 13.8 Å². The van der Waals surface area contributed by atoms with Crippen molar-refractivity contribution in [1.82, 2.24) is 5.32 Å². The average molecular weight is 216 g/mol. The molecule has 78 valence electrons. The Balaban J connectivity index is 2.43. The van der Waals surface area contributed by atoms with Crippen LogP contribution in [-0.2, 0) is 0 Å². The number of amides is 1. The van der Waals surface area contributed by atoms with Crippen LogP contribution >= 0.6 is 11.6 Å². The molecule has 1 aromatic heterocycles. The minimum atomic E-state index is -0.201. The minimum absolute atomic E-state index is 0.0934. The van der Waals surface area contributed by atoms with Crippen LogP contribution in [0.2, 0.25) is 0 Å². The first-order chi connectivity index (χ1) is 6.55. The zero-order valence-electron chi connectivity index (χ0n) is 8.34. The Hall–Kier alpha value is -0.960. The van der Waals surface area contributed by atoms with Crippen LogP contribution in [-0.4, -0.2) is 18.3 Å². The van der Waals surface area contributed by atoms with E-state index >= 15 is 0 Å². The molecule has 0 unspecified atom stereocenters. The van der Waals surface area contributed by atoms with Crippen LogP contribution in [0.25, 0.3) is 0 Å². The molecule has 0 aromatic carbocycles. The van der Waals surface area contributed by atoms with Crippen molar-refractivity contribution in [3.63, 3.8) is 0 Å². The summed E-state index contributed by atoms with van der Waals surface area (Å²) >= 11 is 5.73. The Morgan fingerprint density at radius 2 is 2.36 bits per heavy atom. The average Bonchev–Trinajstić information content (AvgIpc) is 2.67. The van der Waals surface area contributed by atoms with Crippen molar-refractivity contribution in [1.29, 1.82) is 0 Å². The van der Waals surface area contributed by atoms with Gasteiger partial charge in [0.15, 0.2) is 5.76 Å². The molecule has 1 amide bonds. The second-order valence-electron chi connectivity index (χ2n) is 3.96. The van der Waals surface area contributed by atoms with Crippen LogP contribution in [0.1, 0.15) is 24.4 Å². The van der Waals surface area contributed by atoms with Gasteiger partial charge in [-0.1, -0.05) is 13.8 Å². The van der Waals surface area contributed by atoms with Crippen LogP contribution in [0.3, 0.4) is 0 Å². The van der Waals surface area contributed by atoms with Gasteiger partial charge in [0.05, 0.1) is 6.26 Å². The maximum atomic E-state index is 11.4. The fourth-order valence-electron chi connectivity index (χ4n) is 0.862. The molecule has 0 spiro atoms. The smallest absolute Gasteiger partial charge is 0.286 e. The summed E-state index contributed by atoms with van der Waals surface area (Å²) in [5.41, 5.74) is -0.0934. The molecular formula is C10H14ClNO2. The molecule has 1 N–H and O–H groups in total. The van der Waals surface area contributed by atoms with Crippen molar-refractivity contribution in [2.45, 2.75) is 13.8 Å². The van der Waals surface area contributed by atoms with Gasteiger partial charge in [0.1, 0.15) is 0 Å². The van der Waals surface area contributed by atoms with Gasteiger partial charge in [-0.2, -0.15) is 0 Å². The summed E-state index contributed by atoms with van der Waals surface area (Å²) in [6.45, 7) is 4.51. The summed E-state index contributed by atoms with van der Waals surface area (Å²) in [7, 11) is 0. The number of alkyl halides is 1. The van der Waals surface area contributed by atoms with Crippen molar-refractivity contribution in [3.05, 3.63) is 24.2 Å². The molecule has 0 fully saturated rings. The van der Waals surface area contributed by atoms with Crippen LogP contribution < -0.4 is 5.32 Å². The predicted octanol–water partition coefficient (Wildman–Crippen LogP) is 2.27. The van der Waals surface area contributed by atoms with Crippen molar-refractivity contribution < 1.29 is 9.21 Å². The zero-order valence-corrected chi connectivity index (χ0v) is 9.10. The van der Waals surface area contributed by atoms with Crippen molar-refractivity contribution in [3.8, 4) is 0 Å². The predicted molar refractivity (Wildman–Crippen MR) is 55.5 cm³/mol. The Morgan fingerprint density at radius 1 is 1.64 bits per heavy atom. The molecular weight excluding hydrogens is 202 g/mol. The molecule has 0 bridgehead atoms. The molecule has 0 aliphatic carbocycles. The van der Waals surface area contributed by atoms with E-state index in [0.717, 1.165) is 0 Å². The van der Waals surface area contributed by atoms with Crippen molar-refractivity contribution in [2.75, 3.05) is 12.4 Å². The molecule has 0 radical (unpaired) electrons. The molecule has 14 heavy (non-hydrogen) atoms. The number of rotatable bonds is 4. The van der Waals surface area contributed by atoms with Crippen LogP contribution in [0.5, 0.6) is 0 Å². The van der Waals surface area contributed by atoms with E-state index in [2.05, 4.69) is 5.32 Å². The highest BCUT2D eigenvalue weighted by atomic mass is 35.5. The Morgan fingerprint density at radius 3 is 2.86 bits per heavy atom. The third-order valence-electron chi connectivity index (χ3n) is 1.83. The van der Waals surface area contributed by atoms with E-state index in [9.17, 15) is 4.79 Å². The summed E-state index contributed by atoms with van der Waals surface area (Å²) in [5.74, 6) is 0.634. The molecule has 3 nitrogen and oxygen atoms in total. The van der Waals surface area contributed by atoms with Gasteiger partial charge in [0, 0.05) is 12.4 Å². The van der Waals surface area contributed by atoms with Gasteiger partial charge in [-0.25, -0.2) is 0 Å². The molecule has 1 rings (SSSR count). The fourth-order valence-corrected chi connectivity index (χ4v) is 0.956. The van der Waals surface area contributed by atoms with Gasteiger partial charge in [-0.3, -0.25) is 4.79 Å². The lowest BCUT2D eigenvalue weighted by atomic mass is 9.96. The van der Waals surface area contributed by atoms with Gasteiger partial charge in [-0.05, 0) is 17.5 Å². The summed E-state index contributed by atoms with van der Waals surface area (Å²) in [6.07, 6.45) is 1.47. The Bertz CT molecular complexity index is 293. The second kappa shape index (κ2) is 4.51. The lowest BCUT2D eigenvalue weighted by molar-refractivity contribution is 0.0912. The topological polar surface area (TPSA) is 42.2 Å². The number of hydrogen-bond acceptors (Lipinski definition) is 2. The number of halogens is 1. The zero-order chi connectivity index (χ0) is 10.6. The third-order valence-corrected chi connectivity index (χ3v) is 2.56. The number of carbonyl (C=O) groups excluding carboxylic acids is 1. The SMILES string of the molecule is CC(C)(CCl)CNC(=O)c1ccco1. The maximum Gasteiger partial charge on any atom is 0.286 e. The van der Waals surface area contributed by atoms with Gasteiger partial charge >= 0.3 is 0 Å². The summed E-state index contributed by atoms with van der Waals surface area (Å²) in [5, 5.41) is 2.76. The van der Waals surface area contributed by atoms with E-state index in [4.69, 9.17) is 16.0 Å². The highest BCUT2D eigenvalue weighted by molar-refractivity contribution is 6.18. The molecule has 0 aliphatic heterocycles. The lowest BCUT2D eigenvalue weighted by Crippen LogP contribution is -2.34. The maximum absolute atomic E-state index is 11.4. The largest absolute Gasteiger partial charge is 0.459 e. The summed E-state index contributed by atoms with van der Waals surface area (Å²) in [4.78, 5) is 11.4. The van der Waals surface area contributed by atoms with E-state index < -0.39 is 0 Å². The molecule has 4 heteroatoms. The van der Waals surface area contributed by atoms with Crippen molar-refractivity contribution >= 4 is 17.5 Å². The second-order valence-corrected chi connectivity index (χ2v) is 4.23. The number of furan rings is 1. The van der Waals surface area contributed by atoms with E-state index in [0.29, 0.717) is 18.2 Å². The van der Waals surface area contributed by atoms with Crippen LogP contribution in [0, 0.1) is 5.41 Å². The van der Waals surface area contributed by atoms with Gasteiger partial charge in [-0.15, -0.1) is 11.6 Å². The molecule has 1 aromatic rings. The molecule has 0 saturated heterocycles. The van der Waals surface area contributed by atoms with Crippen molar-refractivity contribution in [2.24, 2.45) is 5.41 Å². The van der Waals surface area contributed by atoms with Crippen LogP contribution in [0.4, 0.5) is 0 Å². The first-order valence-corrected chi connectivity index (χ1v) is 4.96. The third kappa shape index (κ3) is 3.07. The summed E-state index contributed by atoms with van der Waals surface area (Å²) in [6, 6.07) is 3.31. The minimum Gasteiger partial charge on any atom is -0.459 e. The highest BCUT2D eigenvalue weighted by Crippen LogP contribution is 2.15. The highest BCUT2D eigenvalue weighted by Gasteiger charge is 2.18. The normalized spacial score (nSPS) is 11.4. The molecule has 0 atom stereocenters. The standard InChI is InChI=1S/C10H14ClNO2/c1-10(2,6-11)7-12-9(13)8-4-3-5-14-8/h3-5H,6-7H2,1-2H3,(H,12,13). The first kappa shape index (κ1) is 11.1. The molecule has 1 heterocycles. The van der Waals surface area contributed by atoms with Gasteiger partial charge in [0.2, 0.25) is 0 Å². The first-order valence-electron chi connectivity index (χ1n) is 4.43. The quantitative estimate of drug-likeness (QED) is 0.783. The Labute approximate surface area is 88.4 Å². The van der Waals surface area contributed by atoms with E-state index in [-0.39, 0.29) is 11.3 Å². The van der Waals surface area contributed by atoms with E-state index in [1.54, 1.807) is 12.1 Å². The van der Waals surface area contributed by atoms with Crippen LogP contribution in [0.15, 0.2) is 22.8 Å². The Kier molecular flexibility index (Phi) is 3.58. The molecule has 0 saturated carbocycles. The monoisotopic (exact) mass is 215 g/mol. The fraction of sp³-hybridized carbons (Fsp3) is 0.500. The van der Waals surface area contributed by atoms with Gasteiger partial charge in [0.25, 0.3) is 5.91 Å². The number of hydrogen-bond donors (Lipinski definition) is 1. The van der Waals surface area contributed by atoms with E-state index in [1.165, 1.54) is 6.26 Å². The molecule has 0 aliphatic rings.